The number of pyridine rings is 1. The van der Waals surface area contributed by atoms with E-state index in [1.165, 1.54) is 10.9 Å². The number of benzene rings is 1. The third-order valence-corrected chi connectivity index (χ3v) is 4.74. The Morgan fingerprint density at radius 3 is 2.74 bits per heavy atom. The van der Waals surface area contributed by atoms with Gasteiger partial charge in [-0.15, -0.1) is 5.10 Å². The van der Waals surface area contributed by atoms with E-state index in [9.17, 15) is 14.0 Å². The largest absolute Gasteiger partial charge is 0.462 e. The number of aryl methyl sites for hydroxylation is 1. The van der Waals surface area contributed by atoms with E-state index in [0.29, 0.717) is 18.0 Å². The molecule has 0 amide bonds. The highest BCUT2D eigenvalue weighted by molar-refractivity contribution is 5.94. The van der Waals surface area contributed by atoms with Gasteiger partial charge in [0.05, 0.1) is 24.0 Å². The molecule has 2 heterocycles. The van der Waals surface area contributed by atoms with Gasteiger partial charge in [-0.05, 0) is 38.8 Å². The van der Waals surface area contributed by atoms with Crippen LogP contribution in [0.25, 0.3) is 16.6 Å². The van der Waals surface area contributed by atoms with Gasteiger partial charge in [-0.1, -0.05) is 5.21 Å². The van der Waals surface area contributed by atoms with Crippen molar-refractivity contribution in [3.05, 3.63) is 51.8 Å². The zero-order valence-electron chi connectivity index (χ0n) is 15.1. The van der Waals surface area contributed by atoms with Crippen molar-refractivity contribution in [1.29, 1.82) is 0 Å². The molecule has 0 unspecified atom stereocenters. The lowest BCUT2D eigenvalue weighted by Gasteiger charge is -2.13. The fourth-order valence-electron chi connectivity index (χ4n) is 3.15. The molecular formula is C19H19FN4O3. The Bertz CT molecular complexity index is 1100. The Balaban J connectivity index is 1.89. The van der Waals surface area contributed by atoms with Crippen molar-refractivity contribution in [2.45, 2.75) is 39.2 Å². The zero-order chi connectivity index (χ0) is 19.1. The van der Waals surface area contributed by atoms with E-state index in [-0.39, 0.29) is 23.2 Å². The predicted octanol–water partition coefficient (Wildman–Crippen LogP) is 2.80. The van der Waals surface area contributed by atoms with Gasteiger partial charge in [0.15, 0.2) is 0 Å². The average Bonchev–Trinajstić information content (AvgIpc) is 3.39. The molecule has 1 saturated carbocycles. The lowest BCUT2D eigenvalue weighted by Crippen LogP contribution is -2.21. The number of aromatic nitrogens is 4. The van der Waals surface area contributed by atoms with Gasteiger partial charge in [0.1, 0.15) is 17.1 Å². The van der Waals surface area contributed by atoms with Gasteiger partial charge in [-0.2, -0.15) is 0 Å². The number of rotatable bonds is 5. The van der Waals surface area contributed by atoms with E-state index in [0.717, 1.165) is 24.6 Å². The monoisotopic (exact) mass is 370 g/mol. The maximum absolute atomic E-state index is 14.8. The molecular weight excluding hydrogens is 351 g/mol. The quantitative estimate of drug-likeness (QED) is 0.645. The molecule has 1 aromatic carbocycles. The highest BCUT2D eigenvalue weighted by Gasteiger charge is 2.27. The number of ether oxygens (including phenoxy) is 1. The van der Waals surface area contributed by atoms with Crippen LogP contribution in [0.3, 0.4) is 0 Å². The third-order valence-electron chi connectivity index (χ3n) is 4.74. The minimum Gasteiger partial charge on any atom is -0.462 e. The van der Waals surface area contributed by atoms with E-state index in [1.54, 1.807) is 23.8 Å². The molecule has 4 rings (SSSR count). The summed E-state index contributed by atoms with van der Waals surface area (Å²) in [5.41, 5.74) is 0.939. The zero-order valence-corrected chi connectivity index (χ0v) is 15.1. The summed E-state index contributed by atoms with van der Waals surface area (Å²) in [7, 11) is 0. The fraction of sp³-hybridized carbons (Fsp3) is 0.368. The summed E-state index contributed by atoms with van der Waals surface area (Å²) in [6, 6.07) is 2.72. The van der Waals surface area contributed by atoms with Gasteiger partial charge in [-0.25, -0.2) is 13.9 Å². The first kappa shape index (κ1) is 17.4. The highest BCUT2D eigenvalue weighted by Crippen LogP contribution is 2.38. The Kier molecular flexibility index (Phi) is 4.25. The van der Waals surface area contributed by atoms with Gasteiger partial charge in [0, 0.05) is 24.0 Å². The first-order valence-electron chi connectivity index (χ1n) is 8.99. The maximum Gasteiger partial charge on any atom is 0.343 e. The first-order valence-corrected chi connectivity index (χ1v) is 8.99. The van der Waals surface area contributed by atoms with E-state index in [1.807, 2.05) is 6.92 Å². The maximum atomic E-state index is 14.8. The first-order chi connectivity index (χ1) is 13.0. The molecule has 7 nitrogen and oxygen atoms in total. The molecule has 0 bridgehead atoms. The van der Waals surface area contributed by atoms with Gasteiger partial charge in [-0.3, -0.25) is 4.79 Å². The van der Waals surface area contributed by atoms with Crippen molar-refractivity contribution in [3.8, 4) is 5.69 Å². The SMILES string of the molecule is CCOC(=O)c1cn(CC)c2cc(-n3cc(C4CC4)nn3)c(F)cc2c1=O. The second-order valence-corrected chi connectivity index (χ2v) is 6.56. The van der Waals surface area contributed by atoms with Gasteiger partial charge >= 0.3 is 5.97 Å². The summed E-state index contributed by atoms with van der Waals surface area (Å²) in [4.78, 5) is 24.8. The minimum atomic E-state index is -0.707. The molecule has 0 aliphatic heterocycles. The third kappa shape index (κ3) is 3.01. The second-order valence-electron chi connectivity index (χ2n) is 6.56. The van der Waals surface area contributed by atoms with Crippen LogP contribution in [0.5, 0.6) is 0 Å². The molecule has 27 heavy (non-hydrogen) atoms. The molecule has 0 atom stereocenters. The van der Waals surface area contributed by atoms with Crippen molar-refractivity contribution >= 4 is 16.9 Å². The number of esters is 1. The van der Waals surface area contributed by atoms with Crippen molar-refractivity contribution in [2.75, 3.05) is 6.61 Å². The smallest absolute Gasteiger partial charge is 0.343 e. The summed E-state index contributed by atoms with van der Waals surface area (Å²) < 4.78 is 22.8. The van der Waals surface area contributed by atoms with E-state index >= 15 is 0 Å². The molecule has 3 aromatic rings. The molecule has 140 valence electrons. The normalized spacial score (nSPS) is 13.9. The highest BCUT2D eigenvalue weighted by atomic mass is 19.1. The van der Waals surface area contributed by atoms with Crippen LogP contribution in [0.15, 0.2) is 29.3 Å². The Labute approximate surface area is 154 Å². The standard InChI is InChI=1S/C19H19FN4O3/c1-3-23-9-13(19(26)27-4-2)18(25)12-7-14(20)17(8-16(12)23)24-10-15(21-22-24)11-5-6-11/h7-11H,3-6H2,1-2H3. The van der Waals surface area contributed by atoms with Crippen molar-refractivity contribution in [2.24, 2.45) is 0 Å². The van der Waals surface area contributed by atoms with Crippen LogP contribution in [0.4, 0.5) is 4.39 Å². The number of fused-ring (bicyclic) bond motifs is 1. The van der Waals surface area contributed by atoms with Crippen LogP contribution in [0.2, 0.25) is 0 Å². The number of hydrogen-bond acceptors (Lipinski definition) is 5. The average molecular weight is 370 g/mol. The van der Waals surface area contributed by atoms with Crippen LogP contribution in [0, 0.1) is 5.82 Å². The van der Waals surface area contributed by atoms with Crippen LogP contribution >= 0.6 is 0 Å². The fourth-order valence-corrected chi connectivity index (χ4v) is 3.15. The van der Waals surface area contributed by atoms with Crippen LogP contribution < -0.4 is 5.43 Å². The molecule has 1 aliphatic carbocycles. The predicted molar refractivity (Wildman–Crippen MR) is 96.7 cm³/mol. The Morgan fingerprint density at radius 1 is 1.30 bits per heavy atom. The van der Waals surface area contributed by atoms with Gasteiger partial charge in [0.2, 0.25) is 5.43 Å². The molecule has 1 aliphatic rings. The van der Waals surface area contributed by atoms with Crippen LogP contribution in [-0.4, -0.2) is 32.1 Å². The molecule has 0 saturated heterocycles. The van der Waals surface area contributed by atoms with E-state index in [4.69, 9.17) is 4.74 Å². The van der Waals surface area contributed by atoms with Gasteiger partial charge < -0.3 is 9.30 Å². The summed E-state index contributed by atoms with van der Waals surface area (Å²) in [5, 5.41) is 8.27. The Hall–Kier alpha value is -3.03. The Morgan fingerprint density at radius 2 is 2.07 bits per heavy atom. The van der Waals surface area contributed by atoms with Gasteiger partial charge in [0.25, 0.3) is 0 Å². The second kappa shape index (κ2) is 6.61. The topological polar surface area (TPSA) is 79.0 Å². The van der Waals surface area contributed by atoms with E-state index < -0.39 is 17.2 Å². The number of halogens is 1. The van der Waals surface area contributed by atoms with Crippen molar-refractivity contribution < 1.29 is 13.9 Å². The lowest BCUT2D eigenvalue weighted by atomic mass is 10.1. The summed E-state index contributed by atoms with van der Waals surface area (Å²) >= 11 is 0. The number of carbonyl (C=O) groups excluding carboxylic acids is 1. The van der Waals surface area contributed by atoms with Crippen molar-refractivity contribution in [3.63, 3.8) is 0 Å². The molecule has 0 N–H and O–H groups in total. The minimum absolute atomic E-state index is 0.102. The van der Waals surface area contributed by atoms with Crippen LogP contribution in [0.1, 0.15) is 48.7 Å². The molecule has 8 heteroatoms. The number of nitrogens with zero attached hydrogens (tertiary/aromatic N) is 4. The molecule has 1 fully saturated rings. The summed E-state index contributed by atoms with van der Waals surface area (Å²) in [6.07, 6.45) is 5.33. The van der Waals surface area contributed by atoms with E-state index in [2.05, 4.69) is 10.3 Å². The number of carbonyl (C=O) groups is 1. The number of hydrogen-bond donors (Lipinski definition) is 0. The van der Waals surface area contributed by atoms with Crippen LogP contribution in [-0.2, 0) is 11.3 Å². The molecule has 0 spiro atoms. The molecule has 0 radical (unpaired) electrons. The van der Waals surface area contributed by atoms with Crippen molar-refractivity contribution in [1.82, 2.24) is 19.6 Å². The molecule has 2 aromatic heterocycles. The summed E-state index contributed by atoms with van der Waals surface area (Å²) in [6.45, 7) is 4.20. The summed E-state index contributed by atoms with van der Waals surface area (Å²) in [5.74, 6) is -0.903. The lowest BCUT2D eigenvalue weighted by molar-refractivity contribution is 0.0524.